The smallest absolute Gasteiger partial charge is 0.220 e. The fourth-order valence-electron chi connectivity index (χ4n) is 1.40. The number of rotatable bonds is 5. The van der Waals surface area contributed by atoms with E-state index in [1.807, 2.05) is 0 Å². The molecule has 1 amide bonds. The highest BCUT2D eigenvalue weighted by Crippen LogP contribution is 2.25. The van der Waals surface area contributed by atoms with Crippen molar-refractivity contribution in [2.75, 3.05) is 7.11 Å². The van der Waals surface area contributed by atoms with Crippen LogP contribution in [0, 0.1) is 5.82 Å². The molecule has 2 atom stereocenters. The summed E-state index contributed by atoms with van der Waals surface area (Å²) < 4.78 is 17.8. The van der Waals surface area contributed by atoms with Gasteiger partial charge in [-0.1, -0.05) is 6.07 Å². The van der Waals surface area contributed by atoms with E-state index in [0.717, 1.165) is 6.07 Å². The molecule has 0 radical (unpaired) electrons. The molecule has 0 saturated heterocycles. The van der Waals surface area contributed by atoms with Crippen molar-refractivity contribution in [1.82, 2.24) is 0 Å². The monoisotopic (exact) mass is 243 g/mol. The molecule has 5 nitrogen and oxygen atoms in total. The van der Waals surface area contributed by atoms with Crippen LogP contribution in [0.1, 0.15) is 18.1 Å². The molecule has 4 N–H and O–H groups in total. The average molecular weight is 243 g/mol. The van der Waals surface area contributed by atoms with E-state index in [1.165, 1.54) is 19.2 Å². The van der Waals surface area contributed by atoms with E-state index in [1.54, 1.807) is 0 Å². The first-order valence-corrected chi connectivity index (χ1v) is 4.93. The van der Waals surface area contributed by atoms with Crippen LogP contribution in [0.4, 0.5) is 4.39 Å². The minimum Gasteiger partial charge on any atom is -0.494 e. The van der Waals surface area contributed by atoms with Crippen molar-refractivity contribution in [2.24, 2.45) is 5.73 Å². The second kappa shape index (κ2) is 5.60. The van der Waals surface area contributed by atoms with Crippen LogP contribution < -0.4 is 10.5 Å². The number of primary amides is 1. The number of benzene rings is 1. The summed E-state index contributed by atoms with van der Waals surface area (Å²) in [7, 11) is 1.29. The van der Waals surface area contributed by atoms with Crippen molar-refractivity contribution in [1.29, 1.82) is 0 Å². The SMILES string of the molecule is COc1cc(C(O)C(O)CC(N)=O)ccc1F. The molecule has 94 valence electrons. The second-order valence-corrected chi connectivity index (χ2v) is 3.58. The normalized spacial score (nSPS) is 14.1. The van der Waals surface area contributed by atoms with Crippen molar-refractivity contribution >= 4 is 5.91 Å². The van der Waals surface area contributed by atoms with Gasteiger partial charge in [0.1, 0.15) is 6.10 Å². The van der Waals surface area contributed by atoms with Crippen LogP contribution in [0.5, 0.6) is 5.75 Å². The highest BCUT2D eigenvalue weighted by atomic mass is 19.1. The van der Waals surface area contributed by atoms with Crippen LogP contribution in [-0.2, 0) is 4.79 Å². The van der Waals surface area contributed by atoms with Crippen LogP contribution in [0.2, 0.25) is 0 Å². The Labute approximate surface area is 97.6 Å². The Morgan fingerprint density at radius 3 is 2.71 bits per heavy atom. The lowest BCUT2D eigenvalue weighted by atomic mass is 10.0. The Hall–Kier alpha value is -1.66. The van der Waals surface area contributed by atoms with E-state index in [-0.39, 0.29) is 17.7 Å². The minimum absolute atomic E-state index is 0.0483. The molecule has 1 rings (SSSR count). The number of nitrogens with two attached hydrogens (primary N) is 1. The Balaban J connectivity index is 2.88. The zero-order chi connectivity index (χ0) is 13.0. The molecule has 0 aliphatic heterocycles. The third kappa shape index (κ3) is 3.40. The molecule has 1 aromatic rings. The van der Waals surface area contributed by atoms with Gasteiger partial charge in [0.2, 0.25) is 5.91 Å². The highest BCUT2D eigenvalue weighted by molar-refractivity contribution is 5.74. The summed E-state index contributed by atoms with van der Waals surface area (Å²) in [5.41, 5.74) is 5.14. The van der Waals surface area contributed by atoms with Gasteiger partial charge in [0.25, 0.3) is 0 Å². The molecule has 0 bridgehead atoms. The molecule has 0 spiro atoms. The van der Waals surface area contributed by atoms with Crippen LogP contribution in [0.25, 0.3) is 0 Å². The number of aliphatic hydroxyl groups excluding tert-OH is 2. The van der Waals surface area contributed by atoms with Gasteiger partial charge in [-0.15, -0.1) is 0 Å². The lowest BCUT2D eigenvalue weighted by molar-refractivity contribution is -0.121. The van der Waals surface area contributed by atoms with Crippen molar-refractivity contribution in [3.05, 3.63) is 29.6 Å². The number of ether oxygens (including phenoxy) is 1. The van der Waals surface area contributed by atoms with Gasteiger partial charge in [-0.25, -0.2) is 4.39 Å². The topological polar surface area (TPSA) is 92.8 Å². The lowest BCUT2D eigenvalue weighted by Crippen LogP contribution is -2.25. The highest BCUT2D eigenvalue weighted by Gasteiger charge is 2.21. The third-order valence-corrected chi connectivity index (χ3v) is 2.29. The van der Waals surface area contributed by atoms with Crippen LogP contribution in [-0.4, -0.2) is 29.3 Å². The van der Waals surface area contributed by atoms with Gasteiger partial charge in [-0.05, 0) is 17.7 Å². The molecule has 0 heterocycles. The number of hydrogen-bond acceptors (Lipinski definition) is 4. The van der Waals surface area contributed by atoms with Gasteiger partial charge in [-0.3, -0.25) is 4.79 Å². The molecule has 1 aromatic carbocycles. The molecule has 0 aromatic heterocycles. The second-order valence-electron chi connectivity index (χ2n) is 3.58. The number of methoxy groups -OCH3 is 1. The quantitative estimate of drug-likeness (QED) is 0.684. The molecular weight excluding hydrogens is 229 g/mol. The van der Waals surface area contributed by atoms with Crippen LogP contribution in [0.3, 0.4) is 0 Å². The lowest BCUT2D eigenvalue weighted by Gasteiger charge is -2.17. The van der Waals surface area contributed by atoms with Crippen molar-refractivity contribution in [3.63, 3.8) is 0 Å². The average Bonchev–Trinajstić information content (AvgIpc) is 2.27. The van der Waals surface area contributed by atoms with E-state index < -0.39 is 23.9 Å². The van der Waals surface area contributed by atoms with E-state index >= 15 is 0 Å². The molecule has 2 unspecified atom stereocenters. The molecular formula is C11H14FNO4. The van der Waals surface area contributed by atoms with E-state index in [4.69, 9.17) is 10.5 Å². The van der Waals surface area contributed by atoms with E-state index in [2.05, 4.69) is 0 Å². The zero-order valence-corrected chi connectivity index (χ0v) is 9.26. The van der Waals surface area contributed by atoms with E-state index in [9.17, 15) is 19.4 Å². The predicted octanol–water partition coefficient (Wildman–Crippen LogP) is 0.104. The third-order valence-electron chi connectivity index (χ3n) is 2.29. The summed E-state index contributed by atoms with van der Waals surface area (Å²) >= 11 is 0. The fraction of sp³-hybridized carbons (Fsp3) is 0.364. The van der Waals surface area contributed by atoms with Crippen LogP contribution in [0.15, 0.2) is 18.2 Å². The standard InChI is InChI=1S/C11H14FNO4/c1-17-9-4-6(2-3-7(9)12)11(16)8(14)5-10(13)15/h2-4,8,11,14,16H,5H2,1H3,(H2,13,15). The maximum Gasteiger partial charge on any atom is 0.220 e. The summed E-state index contributed by atoms with van der Waals surface area (Å²) in [6, 6.07) is 3.66. The Bertz CT molecular complexity index is 410. The van der Waals surface area contributed by atoms with Crippen molar-refractivity contribution < 1.29 is 24.1 Å². The molecule has 0 aliphatic carbocycles. The number of aliphatic hydroxyl groups is 2. The van der Waals surface area contributed by atoms with Gasteiger partial charge in [0.05, 0.1) is 19.6 Å². The summed E-state index contributed by atoms with van der Waals surface area (Å²) in [5.74, 6) is -1.36. The molecule has 0 aliphatic rings. The largest absolute Gasteiger partial charge is 0.494 e. The summed E-state index contributed by atoms with van der Waals surface area (Å²) in [5, 5.41) is 19.2. The molecule has 17 heavy (non-hydrogen) atoms. The zero-order valence-electron chi connectivity index (χ0n) is 9.26. The van der Waals surface area contributed by atoms with Gasteiger partial charge < -0.3 is 20.7 Å². The first kappa shape index (κ1) is 13.4. The fourth-order valence-corrected chi connectivity index (χ4v) is 1.40. The maximum atomic E-state index is 13.1. The van der Waals surface area contributed by atoms with Crippen molar-refractivity contribution in [2.45, 2.75) is 18.6 Å². The number of carbonyl (C=O) groups is 1. The first-order chi connectivity index (χ1) is 7.95. The Morgan fingerprint density at radius 1 is 1.53 bits per heavy atom. The van der Waals surface area contributed by atoms with Gasteiger partial charge in [0.15, 0.2) is 11.6 Å². The van der Waals surface area contributed by atoms with Crippen LogP contribution >= 0.6 is 0 Å². The number of halogens is 1. The predicted molar refractivity (Wildman–Crippen MR) is 57.7 cm³/mol. The Kier molecular flexibility index (Phi) is 4.42. The van der Waals surface area contributed by atoms with Gasteiger partial charge in [0, 0.05) is 0 Å². The first-order valence-electron chi connectivity index (χ1n) is 4.93. The molecule has 0 saturated carbocycles. The van der Waals surface area contributed by atoms with Gasteiger partial charge >= 0.3 is 0 Å². The van der Waals surface area contributed by atoms with E-state index in [0.29, 0.717) is 0 Å². The maximum absolute atomic E-state index is 13.1. The van der Waals surface area contributed by atoms with Crippen molar-refractivity contribution in [3.8, 4) is 5.75 Å². The summed E-state index contributed by atoms with van der Waals surface area (Å²) in [6.07, 6.45) is -3.03. The number of carbonyl (C=O) groups excluding carboxylic acids is 1. The number of amides is 1. The minimum atomic E-state index is -1.33. The Morgan fingerprint density at radius 2 is 2.18 bits per heavy atom. The summed E-state index contributed by atoms with van der Waals surface area (Å²) in [6.45, 7) is 0. The molecule has 0 fully saturated rings. The number of hydrogen-bond donors (Lipinski definition) is 3. The van der Waals surface area contributed by atoms with Gasteiger partial charge in [-0.2, -0.15) is 0 Å². The summed E-state index contributed by atoms with van der Waals surface area (Å²) in [4.78, 5) is 10.6. The molecule has 6 heteroatoms.